The maximum Gasteiger partial charge on any atom is 0.134 e. The van der Waals surface area contributed by atoms with Gasteiger partial charge in [0.1, 0.15) is 18.1 Å². The fraction of sp³-hybridized carbons (Fsp3) is 0.385. The van der Waals surface area contributed by atoms with Crippen LogP contribution in [0, 0.1) is 0 Å². The van der Waals surface area contributed by atoms with Crippen LogP contribution >= 0.6 is 11.6 Å². The van der Waals surface area contributed by atoms with E-state index < -0.39 is 0 Å². The van der Waals surface area contributed by atoms with Gasteiger partial charge in [0, 0.05) is 23.7 Å². The fourth-order valence-electron chi connectivity index (χ4n) is 1.81. The van der Waals surface area contributed by atoms with Crippen LogP contribution in [0.5, 0.6) is 5.75 Å². The van der Waals surface area contributed by atoms with Crippen molar-refractivity contribution < 1.29 is 4.74 Å². The molecule has 0 aliphatic heterocycles. The summed E-state index contributed by atoms with van der Waals surface area (Å²) in [6.45, 7) is 2.30. The fourth-order valence-corrected chi connectivity index (χ4v) is 2.05. The number of nitrogens with two attached hydrogens (primary N) is 1. The number of ether oxygens (including phenoxy) is 1. The molecule has 1 atom stereocenters. The number of aromatic nitrogens is 3. The Kier molecular flexibility index (Phi) is 4.39. The van der Waals surface area contributed by atoms with Gasteiger partial charge in [-0.1, -0.05) is 22.9 Å². The lowest BCUT2D eigenvalue weighted by atomic mass is 10.1. The van der Waals surface area contributed by atoms with Gasteiger partial charge in [-0.05, 0) is 25.5 Å². The van der Waals surface area contributed by atoms with E-state index in [1.807, 2.05) is 38.4 Å². The highest BCUT2D eigenvalue weighted by molar-refractivity contribution is 6.31. The molecule has 1 unspecified atom stereocenters. The Labute approximate surface area is 117 Å². The molecule has 0 fully saturated rings. The van der Waals surface area contributed by atoms with E-state index in [9.17, 15) is 0 Å². The van der Waals surface area contributed by atoms with E-state index in [4.69, 9.17) is 22.1 Å². The number of halogens is 1. The molecule has 0 amide bonds. The number of nitrogens with zero attached hydrogens (tertiary/aromatic N) is 3. The molecule has 6 heteroatoms. The lowest BCUT2D eigenvalue weighted by molar-refractivity contribution is 0.297. The van der Waals surface area contributed by atoms with Gasteiger partial charge in [-0.25, -0.2) is 0 Å². The van der Waals surface area contributed by atoms with E-state index in [2.05, 4.69) is 10.3 Å². The summed E-state index contributed by atoms with van der Waals surface area (Å²) in [5, 5.41) is 8.51. The van der Waals surface area contributed by atoms with Crippen molar-refractivity contribution in [1.29, 1.82) is 0 Å². The Hall–Kier alpha value is -1.59. The molecule has 2 aromatic rings. The van der Waals surface area contributed by atoms with Gasteiger partial charge in [-0.15, -0.1) is 5.10 Å². The van der Waals surface area contributed by atoms with Crippen LogP contribution in [-0.2, 0) is 20.1 Å². The van der Waals surface area contributed by atoms with Crippen LogP contribution in [0.4, 0.5) is 0 Å². The minimum atomic E-state index is 0.0266. The van der Waals surface area contributed by atoms with Crippen molar-refractivity contribution in [3.05, 3.63) is 40.7 Å². The molecule has 19 heavy (non-hydrogen) atoms. The van der Waals surface area contributed by atoms with E-state index in [1.54, 1.807) is 4.68 Å². The van der Waals surface area contributed by atoms with Crippen molar-refractivity contribution in [1.82, 2.24) is 15.0 Å². The molecule has 0 saturated carbocycles. The van der Waals surface area contributed by atoms with Crippen LogP contribution < -0.4 is 10.5 Å². The topological polar surface area (TPSA) is 66.0 Å². The third-order valence-corrected chi connectivity index (χ3v) is 2.98. The Bertz CT molecular complexity index is 553. The lowest BCUT2D eigenvalue weighted by Gasteiger charge is -2.13. The van der Waals surface area contributed by atoms with E-state index in [0.29, 0.717) is 18.1 Å². The molecule has 0 aliphatic rings. The molecule has 1 aromatic heterocycles. The number of hydrogen-bond donors (Lipinski definition) is 1. The SMILES string of the molecule is CC(N)Cc1c(Cl)cccc1OCc1cn(C)nn1. The van der Waals surface area contributed by atoms with Gasteiger partial charge in [0.2, 0.25) is 0 Å². The second-order valence-corrected chi connectivity index (χ2v) is 4.98. The zero-order chi connectivity index (χ0) is 13.8. The first-order chi connectivity index (χ1) is 9.06. The summed E-state index contributed by atoms with van der Waals surface area (Å²) in [4.78, 5) is 0. The van der Waals surface area contributed by atoms with Crippen molar-refractivity contribution in [2.75, 3.05) is 0 Å². The molecule has 1 heterocycles. The van der Waals surface area contributed by atoms with Gasteiger partial charge < -0.3 is 10.5 Å². The average molecular weight is 281 g/mol. The highest BCUT2D eigenvalue weighted by atomic mass is 35.5. The van der Waals surface area contributed by atoms with Crippen molar-refractivity contribution in [2.24, 2.45) is 12.8 Å². The van der Waals surface area contributed by atoms with Gasteiger partial charge in [0.15, 0.2) is 0 Å². The molecule has 1 aromatic carbocycles. The molecule has 0 aliphatic carbocycles. The molecular weight excluding hydrogens is 264 g/mol. The zero-order valence-electron chi connectivity index (χ0n) is 11.0. The third kappa shape index (κ3) is 3.68. The van der Waals surface area contributed by atoms with Gasteiger partial charge in [0.05, 0.1) is 6.20 Å². The summed E-state index contributed by atoms with van der Waals surface area (Å²) in [6.07, 6.45) is 2.49. The van der Waals surface area contributed by atoms with E-state index in [-0.39, 0.29) is 6.04 Å². The maximum atomic E-state index is 6.19. The van der Waals surface area contributed by atoms with E-state index >= 15 is 0 Å². The van der Waals surface area contributed by atoms with Crippen LogP contribution in [0.2, 0.25) is 5.02 Å². The smallest absolute Gasteiger partial charge is 0.134 e. The number of benzene rings is 1. The minimum Gasteiger partial charge on any atom is -0.487 e. The maximum absolute atomic E-state index is 6.19. The highest BCUT2D eigenvalue weighted by Crippen LogP contribution is 2.28. The average Bonchev–Trinajstić information content (AvgIpc) is 2.75. The molecule has 5 nitrogen and oxygen atoms in total. The molecular formula is C13H17ClN4O. The molecule has 2 rings (SSSR count). The standard InChI is InChI=1S/C13H17ClN4O/c1-9(15)6-11-12(14)4-3-5-13(11)19-8-10-7-18(2)17-16-10/h3-5,7,9H,6,8,15H2,1-2H3. The molecule has 2 N–H and O–H groups in total. The van der Waals surface area contributed by atoms with E-state index in [1.165, 1.54) is 0 Å². The van der Waals surface area contributed by atoms with Crippen LogP contribution in [0.1, 0.15) is 18.2 Å². The largest absolute Gasteiger partial charge is 0.487 e. The summed E-state index contributed by atoms with van der Waals surface area (Å²) in [5.41, 5.74) is 7.54. The first-order valence-corrected chi connectivity index (χ1v) is 6.45. The van der Waals surface area contributed by atoms with Crippen molar-refractivity contribution in [3.8, 4) is 5.75 Å². The van der Waals surface area contributed by atoms with Crippen LogP contribution in [0.25, 0.3) is 0 Å². The molecule has 0 radical (unpaired) electrons. The lowest BCUT2D eigenvalue weighted by Crippen LogP contribution is -2.18. The first-order valence-electron chi connectivity index (χ1n) is 6.07. The Morgan fingerprint density at radius 1 is 1.47 bits per heavy atom. The summed E-state index contributed by atoms with van der Waals surface area (Å²) >= 11 is 6.19. The third-order valence-electron chi connectivity index (χ3n) is 2.63. The second kappa shape index (κ2) is 6.04. The highest BCUT2D eigenvalue weighted by Gasteiger charge is 2.11. The molecule has 102 valence electrons. The Morgan fingerprint density at radius 3 is 2.89 bits per heavy atom. The van der Waals surface area contributed by atoms with Gasteiger partial charge >= 0.3 is 0 Å². The molecule has 0 spiro atoms. The Balaban J connectivity index is 2.13. The summed E-state index contributed by atoms with van der Waals surface area (Å²) in [5.74, 6) is 0.746. The van der Waals surface area contributed by atoms with Crippen LogP contribution in [0.15, 0.2) is 24.4 Å². The minimum absolute atomic E-state index is 0.0266. The number of aryl methyl sites for hydroxylation is 1. The quantitative estimate of drug-likeness (QED) is 0.909. The van der Waals surface area contributed by atoms with Crippen LogP contribution in [0.3, 0.4) is 0 Å². The van der Waals surface area contributed by atoms with Gasteiger partial charge in [0.25, 0.3) is 0 Å². The molecule has 0 saturated heterocycles. The second-order valence-electron chi connectivity index (χ2n) is 4.57. The Morgan fingerprint density at radius 2 is 2.26 bits per heavy atom. The van der Waals surface area contributed by atoms with Crippen LogP contribution in [-0.4, -0.2) is 21.0 Å². The summed E-state index contributed by atoms with van der Waals surface area (Å²) in [7, 11) is 1.82. The summed E-state index contributed by atoms with van der Waals surface area (Å²) < 4.78 is 7.40. The normalized spacial score (nSPS) is 12.4. The number of hydrogen-bond acceptors (Lipinski definition) is 4. The monoisotopic (exact) mass is 280 g/mol. The van der Waals surface area contributed by atoms with Gasteiger partial charge in [-0.2, -0.15) is 0 Å². The summed E-state index contributed by atoms with van der Waals surface area (Å²) in [6, 6.07) is 5.62. The van der Waals surface area contributed by atoms with Crippen molar-refractivity contribution in [3.63, 3.8) is 0 Å². The number of rotatable bonds is 5. The van der Waals surface area contributed by atoms with Gasteiger partial charge in [-0.3, -0.25) is 4.68 Å². The predicted molar refractivity (Wildman–Crippen MR) is 74.1 cm³/mol. The van der Waals surface area contributed by atoms with Crippen molar-refractivity contribution >= 4 is 11.6 Å². The molecule has 0 bridgehead atoms. The van der Waals surface area contributed by atoms with Crippen molar-refractivity contribution in [2.45, 2.75) is 26.0 Å². The first kappa shape index (κ1) is 13.8. The predicted octanol–water partition coefficient (Wildman–Crippen LogP) is 1.94. The zero-order valence-corrected chi connectivity index (χ0v) is 11.8. The van der Waals surface area contributed by atoms with E-state index in [0.717, 1.165) is 17.0 Å².